The van der Waals surface area contributed by atoms with Gasteiger partial charge in [-0.1, -0.05) is 5.16 Å². The van der Waals surface area contributed by atoms with E-state index in [4.69, 9.17) is 24.5 Å². The Morgan fingerprint density at radius 3 is 2.21 bits per heavy atom. The summed E-state index contributed by atoms with van der Waals surface area (Å²) in [5.41, 5.74) is 7.92. The normalized spacial score (nSPS) is 10.3. The van der Waals surface area contributed by atoms with Crippen LogP contribution < -0.4 is 19.9 Å². The van der Waals surface area contributed by atoms with Crippen LogP contribution in [0.2, 0.25) is 0 Å². The number of hydrogen-bond donors (Lipinski definition) is 1. The zero-order valence-electron chi connectivity index (χ0n) is 11.1. The lowest BCUT2D eigenvalue weighted by Crippen LogP contribution is -1.99. The van der Waals surface area contributed by atoms with Crippen LogP contribution in [0.25, 0.3) is 11.3 Å². The summed E-state index contributed by atoms with van der Waals surface area (Å²) in [6.45, 7) is 0.343. The Hall–Kier alpha value is -2.21. The predicted molar refractivity (Wildman–Crippen MR) is 69.5 cm³/mol. The Balaban J connectivity index is 2.59. The lowest BCUT2D eigenvalue weighted by Gasteiger charge is -2.13. The summed E-state index contributed by atoms with van der Waals surface area (Å²) in [7, 11) is 4.68. The standard InChI is InChI=1S/C13H16N2O4/c1-16-10-4-8(5-11(17-2)13(10)18-3)12-9(6-14)7-19-15-12/h4-5,7H,6,14H2,1-3H3. The van der Waals surface area contributed by atoms with Gasteiger partial charge in [-0.3, -0.25) is 0 Å². The number of ether oxygens (including phenoxy) is 3. The minimum absolute atomic E-state index is 0.343. The number of nitrogens with two attached hydrogens (primary N) is 1. The molecule has 6 heteroatoms. The molecule has 0 unspecified atom stereocenters. The zero-order valence-corrected chi connectivity index (χ0v) is 11.1. The van der Waals surface area contributed by atoms with Crippen molar-refractivity contribution in [2.75, 3.05) is 21.3 Å². The zero-order chi connectivity index (χ0) is 13.8. The van der Waals surface area contributed by atoms with Crippen LogP contribution in [0.1, 0.15) is 5.56 Å². The smallest absolute Gasteiger partial charge is 0.203 e. The third kappa shape index (κ3) is 2.34. The van der Waals surface area contributed by atoms with Crippen LogP contribution in [0.15, 0.2) is 22.9 Å². The molecule has 0 radical (unpaired) electrons. The molecule has 0 amide bonds. The molecular formula is C13H16N2O4. The van der Waals surface area contributed by atoms with Gasteiger partial charge in [0, 0.05) is 17.7 Å². The van der Waals surface area contributed by atoms with E-state index in [1.54, 1.807) is 33.5 Å². The molecule has 0 aliphatic rings. The lowest BCUT2D eigenvalue weighted by atomic mass is 10.1. The van der Waals surface area contributed by atoms with Crippen LogP contribution in [0, 0.1) is 0 Å². The van der Waals surface area contributed by atoms with Crippen molar-refractivity contribution in [1.29, 1.82) is 0 Å². The SMILES string of the molecule is COc1cc(-c2nocc2CN)cc(OC)c1OC. The van der Waals surface area contributed by atoms with Crippen LogP contribution in [0.5, 0.6) is 17.2 Å². The van der Waals surface area contributed by atoms with Gasteiger partial charge in [0.05, 0.1) is 21.3 Å². The van der Waals surface area contributed by atoms with Crippen molar-refractivity contribution in [3.8, 4) is 28.5 Å². The van der Waals surface area contributed by atoms with Gasteiger partial charge in [0.2, 0.25) is 5.75 Å². The van der Waals surface area contributed by atoms with Crippen molar-refractivity contribution >= 4 is 0 Å². The molecule has 0 aliphatic carbocycles. The molecule has 102 valence electrons. The molecule has 0 saturated carbocycles. The van der Waals surface area contributed by atoms with E-state index < -0.39 is 0 Å². The molecular weight excluding hydrogens is 248 g/mol. The number of rotatable bonds is 5. The van der Waals surface area contributed by atoms with Gasteiger partial charge < -0.3 is 24.5 Å². The second-order valence-corrected chi connectivity index (χ2v) is 3.81. The molecule has 1 aromatic heterocycles. The van der Waals surface area contributed by atoms with Crippen molar-refractivity contribution in [1.82, 2.24) is 5.16 Å². The summed E-state index contributed by atoms with van der Waals surface area (Å²) in [6, 6.07) is 3.61. The molecule has 0 fully saturated rings. The molecule has 6 nitrogen and oxygen atoms in total. The predicted octanol–water partition coefficient (Wildman–Crippen LogP) is 1.83. The summed E-state index contributed by atoms with van der Waals surface area (Å²) in [5, 5.41) is 3.96. The third-order valence-corrected chi connectivity index (χ3v) is 2.80. The molecule has 0 bridgehead atoms. The first-order valence-corrected chi connectivity index (χ1v) is 5.68. The van der Waals surface area contributed by atoms with Crippen molar-refractivity contribution in [3.63, 3.8) is 0 Å². The molecule has 0 aliphatic heterocycles. The maximum absolute atomic E-state index is 5.64. The largest absolute Gasteiger partial charge is 0.493 e. The van der Waals surface area contributed by atoms with Crippen molar-refractivity contribution in [2.24, 2.45) is 5.73 Å². The molecule has 2 aromatic rings. The van der Waals surface area contributed by atoms with Gasteiger partial charge in [-0.25, -0.2) is 0 Å². The Labute approximate surface area is 111 Å². The summed E-state index contributed by atoms with van der Waals surface area (Å²) in [6.07, 6.45) is 1.53. The molecule has 0 spiro atoms. The van der Waals surface area contributed by atoms with Gasteiger partial charge in [0.15, 0.2) is 11.5 Å². The van der Waals surface area contributed by atoms with Crippen LogP contribution in [0.3, 0.4) is 0 Å². The minimum Gasteiger partial charge on any atom is -0.493 e. The highest BCUT2D eigenvalue weighted by molar-refractivity contribution is 5.70. The molecule has 1 aromatic carbocycles. The van der Waals surface area contributed by atoms with Gasteiger partial charge in [-0.2, -0.15) is 0 Å². The molecule has 2 N–H and O–H groups in total. The average molecular weight is 264 g/mol. The molecule has 1 heterocycles. The second kappa shape index (κ2) is 5.62. The number of benzene rings is 1. The summed E-state index contributed by atoms with van der Waals surface area (Å²) in [4.78, 5) is 0. The van der Waals surface area contributed by atoms with E-state index in [1.807, 2.05) is 0 Å². The van der Waals surface area contributed by atoms with E-state index in [1.165, 1.54) is 6.26 Å². The number of aromatic nitrogens is 1. The fourth-order valence-electron chi connectivity index (χ4n) is 1.86. The highest BCUT2D eigenvalue weighted by Crippen LogP contribution is 2.41. The van der Waals surface area contributed by atoms with Crippen LogP contribution in [-0.2, 0) is 6.54 Å². The number of nitrogens with zero attached hydrogens (tertiary/aromatic N) is 1. The average Bonchev–Trinajstić information content (AvgIpc) is 2.93. The van der Waals surface area contributed by atoms with Gasteiger partial charge in [0.25, 0.3) is 0 Å². The Morgan fingerprint density at radius 1 is 1.11 bits per heavy atom. The topological polar surface area (TPSA) is 79.7 Å². The highest BCUT2D eigenvalue weighted by atomic mass is 16.5. The number of hydrogen-bond acceptors (Lipinski definition) is 6. The first kappa shape index (κ1) is 13.2. The first-order valence-electron chi connectivity index (χ1n) is 5.68. The van der Waals surface area contributed by atoms with Crippen LogP contribution in [0.4, 0.5) is 0 Å². The van der Waals surface area contributed by atoms with E-state index in [0.29, 0.717) is 29.5 Å². The highest BCUT2D eigenvalue weighted by Gasteiger charge is 2.17. The van der Waals surface area contributed by atoms with Crippen LogP contribution in [-0.4, -0.2) is 26.5 Å². The fraction of sp³-hybridized carbons (Fsp3) is 0.308. The van der Waals surface area contributed by atoms with Gasteiger partial charge in [0.1, 0.15) is 12.0 Å². The van der Waals surface area contributed by atoms with E-state index in [9.17, 15) is 0 Å². The maximum Gasteiger partial charge on any atom is 0.203 e. The third-order valence-electron chi connectivity index (χ3n) is 2.80. The summed E-state index contributed by atoms with van der Waals surface area (Å²) in [5.74, 6) is 1.65. The van der Waals surface area contributed by atoms with E-state index in [2.05, 4.69) is 5.16 Å². The summed E-state index contributed by atoms with van der Waals surface area (Å²) >= 11 is 0. The number of methoxy groups -OCH3 is 3. The van der Waals surface area contributed by atoms with Crippen molar-refractivity contribution < 1.29 is 18.7 Å². The Kier molecular flexibility index (Phi) is 3.91. The first-order chi connectivity index (χ1) is 9.24. The second-order valence-electron chi connectivity index (χ2n) is 3.81. The quantitative estimate of drug-likeness (QED) is 0.887. The Morgan fingerprint density at radius 2 is 1.74 bits per heavy atom. The summed E-state index contributed by atoms with van der Waals surface area (Å²) < 4.78 is 20.8. The molecule has 0 atom stereocenters. The van der Waals surface area contributed by atoms with Crippen LogP contribution >= 0.6 is 0 Å². The monoisotopic (exact) mass is 264 g/mol. The maximum atomic E-state index is 5.64. The molecule has 0 saturated heterocycles. The van der Waals surface area contributed by atoms with E-state index in [0.717, 1.165) is 11.1 Å². The minimum atomic E-state index is 0.343. The van der Waals surface area contributed by atoms with Gasteiger partial charge in [-0.05, 0) is 12.1 Å². The van der Waals surface area contributed by atoms with Gasteiger partial charge >= 0.3 is 0 Å². The van der Waals surface area contributed by atoms with Crippen molar-refractivity contribution in [2.45, 2.75) is 6.54 Å². The molecule has 19 heavy (non-hydrogen) atoms. The fourth-order valence-corrected chi connectivity index (χ4v) is 1.86. The lowest BCUT2D eigenvalue weighted by molar-refractivity contribution is 0.324. The molecule has 2 rings (SSSR count). The van der Waals surface area contributed by atoms with E-state index in [-0.39, 0.29) is 0 Å². The van der Waals surface area contributed by atoms with Crippen molar-refractivity contribution in [3.05, 3.63) is 24.0 Å². The van der Waals surface area contributed by atoms with Gasteiger partial charge in [-0.15, -0.1) is 0 Å². The Bertz CT molecular complexity index is 541. The van der Waals surface area contributed by atoms with E-state index >= 15 is 0 Å².